The molecule has 166 valence electrons. The van der Waals surface area contributed by atoms with Gasteiger partial charge >= 0.3 is 0 Å². The van der Waals surface area contributed by atoms with Crippen molar-refractivity contribution >= 4 is 17.5 Å². The van der Waals surface area contributed by atoms with Crippen molar-refractivity contribution in [2.24, 2.45) is 5.92 Å². The van der Waals surface area contributed by atoms with Gasteiger partial charge in [-0.25, -0.2) is 4.39 Å². The summed E-state index contributed by atoms with van der Waals surface area (Å²) in [6, 6.07) is 13.7. The SMILES string of the molecule is Cc1noc(C)c1CC(=O)N1CCC[C@H](C(=O)Nc2cccc(-c3ccc(F)cc3)c2)C1. The Hall–Kier alpha value is -3.48. The van der Waals surface area contributed by atoms with Crippen LogP contribution in [0.4, 0.5) is 10.1 Å². The van der Waals surface area contributed by atoms with E-state index in [0.717, 1.165) is 35.2 Å². The van der Waals surface area contributed by atoms with Crippen molar-refractivity contribution in [2.45, 2.75) is 33.1 Å². The Kier molecular flexibility index (Phi) is 6.35. The lowest BCUT2D eigenvalue weighted by atomic mass is 9.96. The van der Waals surface area contributed by atoms with E-state index < -0.39 is 0 Å². The van der Waals surface area contributed by atoms with Gasteiger partial charge < -0.3 is 14.7 Å². The van der Waals surface area contributed by atoms with E-state index >= 15 is 0 Å². The second kappa shape index (κ2) is 9.34. The van der Waals surface area contributed by atoms with Crippen molar-refractivity contribution in [2.75, 3.05) is 18.4 Å². The zero-order valence-corrected chi connectivity index (χ0v) is 18.2. The molecule has 6 nitrogen and oxygen atoms in total. The lowest BCUT2D eigenvalue weighted by molar-refractivity contribution is -0.134. The molecule has 0 spiro atoms. The molecule has 32 heavy (non-hydrogen) atoms. The van der Waals surface area contributed by atoms with Gasteiger partial charge in [0.25, 0.3) is 0 Å². The Morgan fingerprint density at radius 3 is 2.66 bits per heavy atom. The van der Waals surface area contributed by atoms with E-state index in [9.17, 15) is 14.0 Å². The van der Waals surface area contributed by atoms with E-state index in [0.29, 0.717) is 24.5 Å². The van der Waals surface area contributed by atoms with Gasteiger partial charge in [0.15, 0.2) is 0 Å². The molecule has 0 unspecified atom stereocenters. The fraction of sp³-hybridized carbons (Fsp3) is 0.320. The number of carbonyl (C=O) groups excluding carboxylic acids is 2. The summed E-state index contributed by atoms with van der Waals surface area (Å²) in [5.74, 6) is -0.0229. The lowest BCUT2D eigenvalue weighted by Gasteiger charge is -2.32. The van der Waals surface area contributed by atoms with Crippen molar-refractivity contribution in [3.63, 3.8) is 0 Å². The van der Waals surface area contributed by atoms with Crippen LogP contribution in [0.2, 0.25) is 0 Å². The molecular formula is C25H26FN3O3. The van der Waals surface area contributed by atoms with Gasteiger partial charge in [-0.1, -0.05) is 29.4 Å². The average Bonchev–Trinajstić information content (AvgIpc) is 3.12. The summed E-state index contributed by atoms with van der Waals surface area (Å²) in [5, 5.41) is 6.89. The molecule has 1 N–H and O–H groups in total. The van der Waals surface area contributed by atoms with Crippen LogP contribution in [-0.4, -0.2) is 35.0 Å². The number of amides is 2. The van der Waals surface area contributed by atoms with Crippen LogP contribution < -0.4 is 5.32 Å². The maximum Gasteiger partial charge on any atom is 0.229 e. The molecule has 0 saturated carbocycles. The van der Waals surface area contributed by atoms with Crippen LogP contribution >= 0.6 is 0 Å². The van der Waals surface area contributed by atoms with Crippen molar-refractivity contribution in [1.82, 2.24) is 10.1 Å². The summed E-state index contributed by atoms with van der Waals surface area (Å²) in [6.45, 7) is 4.67. The molecule has 1 aromatic heterocycles. The summed E-state index contributed by atoms with van der Waals surface area (Å²) >= 11 is 0. The Labute approximate surface area is 186 Å². The first-order valence-electron chi connectivity index (χ1n) is 10.8. The molecule has 1 aliphatic heterocycles. The second-order valence-electron chi connectivity index (χ2n) is 8.24. The minimum Gasteiger partial charge on any atom is -0.361 e. The largest absolute Gasteiger partial charge is 0.361 e. The minimum atomic E-state index is -0.288. The molecule has 1 atom stereocenters. The smallest absolute Gasteiger partial charge is 0.229 e. The van der Waals surface area contributed by atoms with Gasteiger partial charge in [-0.15, -0.1) is 0 Å². The maximum absolute atomic E-state index is 13.2. The summed E-state index contributed by atoms with van der Waals surface area (Å²) in [4.78, 5) is 27.5. The number of aryl methyl sites for hydroxylation is 2. The number of likely N-dealkylation sites (tertiary alicyclic amines) is 1. The van der Waals surface area contributed by atoms with Crippen LogP contribution in [-0.2, 0) is 16.0 Å². The minimum absolute atomic E-state index is 0.0183. The first-order valence-corrected chi connectivity index (χ1v) is 10.8. The monoisotopic (exact) mass is 435 g/mol. The highest BCUT2D eigenvalue weighted by molar-refractivity contribution is 5.94. The van der Waals surface area contributed by atoms with Crippen molar-refractivity contribution in [3.05, 3.63) is 71.4 Å². The van der Waals surface area contributed by atoms with Crippen molar-refractivity contribution in [3.8, 4) is 11.1 Å². The Morgan fingerprint density at radius 1 is 1.16 bits per heavy atom. The van der Waals surface area contributed by atoms with Gasteiger partial charge in [0.1, 0.15) is 11.6 Å². The highest BCUT2D eigenvalue weighted by atomic mass is 19.1. The summed E-state index contributed by atoms with van der Waals surface area (Å²) in [6.07, 6.45) is 1.74. The molecule has 2 aromatic carbocycles. The van der Waals surface area contributed by atoms with E-state index in [1.807, 2.05) is 31.2 Å². The summed E-state index contributed by atoms with van der Waals surface area (Å²) in [5.41, 5.74) is 3.98. The number of rotatable bonds is 5. The highest BCUT2D eigenvalue weighted by Crippen LogP contribution is 2.25. The quantitative estimate of drug-likeness (QED) is 0.640. The predicted molar refractivity (Wildman–Crippen MR) is 119 cm³/mol. The first kappa shape index (κ1) is 21.7. The lowest BCUT2D eigenvalue weighted by Crippen LogP contribution is -2.44. The molecule has 2 heterocycles. The predicted octanol–water partition coefficient (Wildman–Crippen LogP) is 4.52. The third-order valence-electron chi connectivity index (χ3n) is 5.96. The van der Waals surface area contributed by atoms with Gasteiger partial charge in [-0.05, 0) is 62.1 Å². The highest BCUT2D eigenvalue weighted by Gasteiger charge is 2.29. The number of nitrogens with zero attached hydrogens (tertiary/aromatic N) is 2. The van der Waals surface area contributed by atoms with Crippen LogP contribution in [0.5, 0.6) is 0 Å². The molecular weight excluding hydrogens is 409 g/mol. The van der Waals surface area contributed by atoms with Crippen LogP contribution in [0.25, 0.3) is 11.1 Å². The van der Waals surface area contributed by atoms with E-state index in [2.05, 4.69) is 10.5 Å². The standard InChI is InChI=1S/C25H26FN3O3/c1-16-23(17(2)32-28-16)14-24(30)29-12-4-6-20(15-29)25(31)27-22-7-3-5-19(13-22)18-8-10-21(26)11-9-18/h3,5,7-11,13,20H,4,6,12,14-15H2,1-2H3,(H,27,31)/t20-/m0/s1. The molecule has 1 aliphatic rings. The molecule has 0 radical (unpaired) electrons. The number of carbonyl (C=O) groups is 2. The van der Waals surface area contributed by atoms with E-state index in [-0.39, 0.29) is 30.0 Å². The number of anilines is 1. The fourth-order valence-corrected chi connectivity index (χ4v) is 4.10. The van der Waals surface area contributed by atoms with Crippen molar-refractivity contribution in [1.29, 1.82) is 0 Å². The third-order valence-corrected chi connectivity index (χ3v) is 5.96. The number of hydrogen-bond acceptors (Lipinski definition) is 4. The van der Waals surface area contributed by atoms with E-state index in [1.165, 1.54) is 12.1 Å². The Balaban J connectivity index is 1.40. The number of piperidine rings is 1. The van der Waals surface area contributed by atoms with Gasteiger partial charge in [0.05, 0.1) is 18.0 Å². The zero-order valence-electron chi connectivity index (χ0n) is 18.2. The molecule has 3 aromatic rings. The molecule has 1 saturated heterocycles. The number of hydrogen-bond donors (Lipinski definition) is 1. The third kappa shape index (κ3) is 4.88. The maximum atomic E-state index is 13.2. The fourth-order valence-electron chi connectivity index (χ4n) is 4.10. The van der Waals surface area contributed by atoms with Gasteiger partial charge in [-0.3, -0.25) is 9.59 Å². The Bertz CT molecular complexity index is 1100. The molecule has 1 fully saturated rings. The van der Waals surface area contributed by atoms with Gasteiger partial charge in [0.2, 0.25) is 11.8 Å². The van der Waals surface area contributed by atoms with Gasteiger partial charge in [-0.2, -0.15) is 0 Å². The van der Waals surface area contributed by atoms with Crippen LogP contribution in [0.3, 0.4) is 0 Å². The first-order chi connectivity index (χ1) is 15.4. The molecule has 4 rings (SSSR count). The van der Waals surface area contributed by atoms with Crippen molar-refractivity contribution < 1.29 is 18.5 Å². The topological polar surface area (TPSA) is 75.4 Å². The van der Waals surface area contributed by atoms with E-state index in [4.69, 9.17) is 4.52 Å². The zero-order chi connectivity index (χ0) is 22.7. The number of nitrogens with one attached hydrogen (secondary N) is 1. The van der Waals surface area contributed by atoms with Crippen LogP contribution in [0.15, 0.2) is 53.1 Å². The molecule has 0 bridgehead atoms. The number of benzene rings is 2. The van der Waals surface area contributed by atoms with E-state index in [1.54, 1.807) is 24.0 Å². The summed E-state index contributed by atoms with van der Waals surface area (Å²) in [7, 11) is 0. The number of halogens is 1. The normalized spacial score (nSPS) is 16.1. The van der Waals surface area contributed by atoms with Crippen LogP contribution in [0, 0.1) is 25.6 Å². The molecule has 0 aliphatic carbocycles. The molecule has 2 amide bonds. The molecule has 7 heteroatoms. The average molecular weight is 435 g/mol. The van der Waals surface area contributed by atoms with Gasteiger partial charge in [0, 0.05) is 24.3 Å². The number of aromatic nitrogens is 1. The second-order valence-corrected chi connectivity index (χ2v) is 8.24. The summed E-state index contributed by atoms with van der Waals surface area (Å²) < 4.78 is 18.4. The Morgan fingerprint density at radius 2 is 1.94 bits per heavy atom. The van der Waals surface area contributed by atoms with Crippen LogP contribution in [0.1, 0.15) is 29.9 Å².